The average Bonchev–Trinajstić information content (AvgIpc) is 2.87. The molecule has 0 spiro atoms. The zero-order chi connectivity index (χ0) is 15.1. The van der Waals surface area contributed by atoms with Crippen LogP contribution in [-0.4, -0.2) is 51.1 Å². The summed E-state index contributed by atoms with van der Waals surface area (Å²) in [4.78, 5) is 31.4. The van der Waals surface area contributed by atoms with Crippen LogP contribution in [0.2, 0.25) is 0 Å². The molecule has 1 aromatic rings. The zero-order valence-corrected chi connectivity index (χ0v) is 11.7. The molecule has 0 aliphatic carbocycles. The molecule has 7 nitrogen and oxygen atoms in total. The second-order valence-corrected chi connectivity index (χ2v) is 4.59. The fourth-order valence-corrected chi connectivity index (χ4v) is 1.71. The molecule has 1 rings (SSSR count). The molecule has 0 aliphatic heterocycles. The van der Waals surface area contributed by atoms with Crippen LogP contribution in [0, 0.1) is 0 Å². The van der Waals surface area contributed by atoms with E-state index in [9.17, 15) is 14.7 Å². The number of H-pyrrole nitrogens is 1. The number of likely N-dealkylation sites (N-methyl/N-ethyl adjacent to an activating group) is 1. The van der Waals surface area contributed by atoms with Crippen LogP contribution < -0.4 is 5.32 Å². The Morgan fingerprint density at radius 3 is 2.75 bits per heavy atom. The Bertz CT molecular complexity index is 470. The number of nitrogens with one attached hydrogen (secondary N) is 2. The van der Waals surface area contributed by atoms with Crippen LogP contribution in [0.4, 0.5) is 4.79 Å². The third-order valence-electron chi connectivity index (χ3n) is 2.70. The van der Waals surface area contributed by atoms with E-state index in [0.29, 0.717) is 18.8 Å². The summed E-state index contributed by atoms with van der Waals surface area (Å²) in [6.45, 7) is 8.27. The molecule has 1 heterocycles. The lowest BCUT2D eigenvalue weighted by molar-refractivity contribution is -0.139. The van der Waals surface area contributed by atoms with Gasteiger partial charge in [0, 0.05) is 31.4 Å². The third kappa shape index (κ3) is 4.75. The van der Waals surface area contributed by atoms with Crippen LogP contribution in [0.5, 0.6) is 0 Å². The van der Waals surface area contributed by atoms with E-state index in [4.69, 9.17) is 0 Å². The second-order valence-electron chi connectivity index (χ2n) is 4.59. The predicted octanol–water partition coefficient (Wildman–Crippen LogP) is 1.01. The van der Waals surface area contributed by atoms with Gasteiger partial charge in [0.15, 0.2) is 0 Å². The number of carboxylic acid groups (broad SMARTS) is 1. The van der Waals surface area contributed by atoms with E-state index < -0.39 is 18.0 Å². The monoisotopic (exact) mass is 280 g/mol. The van der Waals surface area contributed by atoms with Crippen LogP contribution >= 0.6 is 0 Å². The van der Waals surface area contributed by atoms with Crippen molar-refractivity contribution in [1.82, 2.24) is 20.2 Å². The predicted molar refractivity (Wildman–Crippen MR) is 74.3 cm³/mol. The van der Waals surface area contributed by atoms with Crippen molar-refractivity contribution in [1.29, 1.82) is 0 Å². The van der Waals surface area contributed by atoms with Gasteiger partial charge in [-0.25, -0.2) is 14.6 Å². The van der Waals surface area contributed by atoms with Crippen molar-refractivity contribution in [3.63, 3.8) is 0 Å². The quantitative estimate of drug-likeness (QED) is 0.649. The fourth-order valence-electron chi connectivity index (χ4n) is 1.71. The van der Waals surface area contributed by atoms with Gasteiger partial charge in [-0.2, -0.15) is 0 Å². The number of aromatic amines is 1. The lowest BCUT2D eigenvalue weighted by Crippen LogP contribution is -2.49. The number of carbonyl (C=O) groups excluding carboxylic acids is 1. The number of nitrogens with zero attached hydrogens (tertiary/aromatic N) is 2. The molecule has 0 aliphatic rings. The average molecular weight is 280 g/mol. The van der Waals surface area contributed by atoms with Crippen LogP contribution in [0.25, 0.3) is 0 Å². The van der Waals surface area contributed by atoms with Crippen molar-refractivity contribution in [3.8, 4) is 0 Å². The minimum atomic E-state index is -1.08. The minimum Gasteiger partial charge on any atom is -0.480 e. The van der Waals surface area contributed by atoms with Gasteiger partial charge in [0.2, 0.25) is 0 Å². The molecule has 0 unspecified atom stereocenters. The number of urea groups is 1. The Labute approximate surface area is 117 Å². The van der Waals surface area contributed by atoms with Gasteiger partial charge in [-0.05, 0) is 13.8 Å². The summed E-state index contributed by atoms with van der Waals surface area (Å²) >= 11 is 0. The van der Waals surface area contributed by atoms with Crippen molar-refractivity contribution in [2.45, 2.75) is 26.3 Å². The number of carbonyl (C=O) groups is 2. The SMILES string of the molecule is C=C(C)CN(CC)C(=O)N[C@@H](Cc1cnc[nH]1)C(=O)O. The summed E-state index contributed by atoms with van der Waals surface area (Å²) in [5, 5.41) is 11.7. The summed E-state index contributed by atoms with van der Waals surface area (Å²) in [6.07, 6.45) is 3.16. The Hall–Kier alpha value is -2.31. The summed E-state index contributed by atoms with van der Waals surface area (Å²) < 4.78 is 0. The Morgan fingerprint density at radius 2 is 2.30 bits per heavy atom. The van der Waals surface area contributed by atoms with Crippen molar-refractivity contribution in [2.75, 3.05) is 13.1 Å². The molecular formula is C13H20N4O3. The first-order valence-corrected chi connectivity index (χ1v) is 6.34. The van der Waals surface area contributed by atoms with Gasteiger partial charge in [-0.1, -0.05) is 12.2 Å². The van der Waals surface area contributed by atoms with Gasteiger partial charge in [0.1, 0.15) is 6.04 Å². The van der Waals surface area contributed by atoms with Gasteiger partial charge >= 0.3 is 12.0 Å². The molecule has 0 radical (unpaired) electrons. The number of imidazole rings is 1. The molecule has 0 bridgehead atoms. The lowest BCUT2D eigenvalue weighted by atomic mass is 10.1. The van der Waals surface area contributed by atoms with Crippen molar-refractivity contribution in [2.24, 2.45) is 0 Å². The lowest BCUT2D eigenvalue weighted by Gasteiger charge is -2.23. The van der Waals surface area contributed by atoms with Crippen LogP contribution in [0.15, 0.2) is 24.7 Å². The highest BCUT2D eigenvalue weighted by molar-refractivity contribution is 5.82. The van der Waals surface area contributed by atoms with Gasteiger partial charge < -0.3 is 20.3 Å². The molecule has 110 valence electrons. The number of carboxylic acids is 1. The number of aromatic nitrogens is 2. The fraction of sp³-hybridized carbons (Fsp3) is 0.462. The first-order valence-electron chi connectivity index (χ1n) is 6.34. The van der Waals surface area contributed by atoms with Crippen LogP contribution in [0.3, 0.4) is 0 Å². The Kier molecular flexibility index (Phi) is 5.76. The maximum Gasteiger partial charge on any atom is 0.326 e. The highest BCUT2D eigenvalue weighted by Crippen LogP contribution is 2.02. The van der Waals surface area contributed by atoms with Crippen LogP contribution in [0.1, 0.15) is 19.5 Å². The van der Waals surface area contributed by atoms with E-state index in [-0.39, 0.29) is 6.42 Å². The molecule has 2 amide bonds. The number of hydrogen-bond acceptors (Lipinski definition) is 3. The topological polar surface area (TPSA) is 98.3 Å². The molecule has 0 saturated heterocycles. The highest BCUT2D eigenvalue weighted by atomic mass is 16.4. The molecule has 3 N–H and O–H groups in total. The molecule has 0 fully saturated rings. The molecule has 20 heavy (non-hydrogen) atoms. The number of rotatable bonds is 7. The van der Waals surface area contributed by atoms with Crippen LogP contribution in [-0.2, 0) is 11.2 Å². The third-order valence-corrected chi connectivity index (χ3v) is 2.70. The molecule has 0 aromatic carbocycles. The summed E-state index contributed by atoms with van der Waals surface area (Å²) in [5.41, 5.74) is 1.49. The van der Waals surface area contributed by atoms with Gasteiger partial charge in [0.25, 0.3) is 0 Å². The summed E-state index contributed by atoms with van der Waals surface area (Å²) in [6, 6.07) is -1.41. The van der Waals surface area contributed by atoms with Crippen molar-refractivity contribution >= 4 is 12.0 Å². The first-order chi connectivity index (χ1) is 9.43. The number of aliphatic carboxylic acids is 1. The van der Waals surface area contributed by atoms with Crippen molar-refractivity contribution in [3.05, 3.63) is 30.4 Å². The standard InChI is InChI=1S/C13H20N4O3/c1-4-17(7-9(2)3)13(20)16-11(12(18)19)5-10-6-14-8-15-10/h6,8,11H,2,4-5,7H2,1,3H3,(H,14,15)(H,16,20)(H,18,19)/t11-/m0/s1. The normalized spacial score (nSPS) is 11.7. The number of hydrogen-bond donors (Lipinski definition) is 3. The largest absolute Gasteiger partial charge is 0.480 e. The molecule has 1 atom stereocenters. The molecule has 1 aromatic heterocycles. The van der Waals surface area contributed by atoms with Gasteiger partial charge in [-0.3, -0.25) is 0 Å². The van der Waals surface area contributed by atoms with E-state index in [0.717, 1.165) is 5.57 Å². The van der Waals surface area contributed by atoms with Gasteiger partial charge in [0.05, 0.1) is 6.33 Å². The Morgan fingerprint density at radius 1 is 1.60 bits per heavy atom. The maximum atomic E-state index is 12.0. The number of amides is 2. The van der Waals surface area contributed by atoms with E-state index in [2.05, 4.69) is 21.9 Å². The maximum absolute atomic E-state index is 12.0. The second kappa shape index (κ2) is 7.32. The minimum absolute atomic E-state index is 0.158. The van der Waals surface area contributed by atoms with E-state index in [1.807, 2.05) is 13.8 Å². The summed E-state index contributed by atoms with van der Waals surface area (Å²) in [7, 11) is 0. The summed E-state index contributed by atoms with van der Waals surface area (Å²) in [5.74, 6) is -1.08. The smallest absolute Gasteiger partial charge is 0.326 e. The molecule has 7 heteroatoms. The van der Waals surface area contributed by atoms with E-state index in [1.165, 1.54) is 17.4 Å². The molecular weight excluding hydrogens is 260 g/mol. The van der Waals surface area contributed by atoms with E-state index >= 15 is 0 Å². The first kappa shape index (κ1) is 15.7. The van der Waals surface area contributed by atoms with E-state index in [1.54, 1.807) is 0 Å². The zero-order valence-electron chi connectivity index (χ0n) is 11.7. The highest BCUT2D eigenvalue weighted by Gasteiger charge is 2.23. The van der Waals surface area contributed by atoms with Crippen molar-refractivity contribution < 1.29 is 14.7 Å². The van der Waals surface area contributed by atoms with Gasteiger partial charge in [-0.15, -0.1) is 0 Å². The molecule has 0 saturated carbocycles. The Balaban J connectivity index is 2.67.